The standard InChI is InChI=1S/C22H25F2NO5/c1-22(2,3)30-21(27)25(14-16-7-5-6-8-17(16)23)11-12-29-19-10-9-15(13-18(19)24)20(26)28-4/h5-10,13H,11-12,14H2,1-4H3. The lowest BCUT2D eigenvalue weighted by Gasteiger charge is -2.27. The van der Waals surface area contributed by atoms with Gasteiger partial charge in [0.2, 0.25) is 0 Å². The molecule has 8 heteroatoms. The second kappa shape index (κ2) is 10.0. The van der Waals surface area contributed by atoms with Gasteiger partial charge in [0.05, 0.1) is 25.8 Å². The van der Waals surface area contributed by atoms with Crippen molar-refractivity contribution in [3.05, 3.63) is 65.2 Å². The van der Waals surface area contributed by atoms with E-state index in [9.17, 15) is 18.4 Å². The maximum Gasteiger partial charge on any atom is 0.410 e. The molecular weight excluding hydrogens is 396 g/mol. The van der Waals surface area contributed by atoms with E-state index < -0.39 is 29.3 Å². The Morgan fingerprint density at radius 3 is 2.33 bits per heavy atom. The number of rotatable bonds is 7. The van der Waals surface area contributed by atoms with E-state index in [4.69, 9.17) is 9.47 Å². The summed E-state index contributed by atoms with van der Waals surface area (Å²) in [6.45, 7) is 5.10. The topological polar surface area (TPSA) is 65.1 Å². The zero-order valence-electron chi connectivity index (χ0n) is 17.4. The van der Waals surface area contributed by atoms with Crippen LogP contribution in [0, 0.1) is 11.6 Å². The van der Waals surface area contributed by atoms with Crippen molar-refractivity contribution in [1.29, 1.82) is 0 Å². The molecule has 0 aromatic heterocycles. The average molecular weight is 421 g/mol. The fourth-order valence-electron chi connectivity index (χ4n) is 2.52. The largest absolute Gasteiger partial charge is 0.489 e. The molecule has 0 saturated heterocycles. The minimum atomic E-state index is -0.740. The summed E-state index contributed by atoms with van der Waals surface area (Å²) in [5.41, 5.74) is -0.365. The van der Waals surface area contributed by atoms with Crippen LogP contribution in [-0.2, 0) is 16.0 Å². The van der Waals surface area contributed by atoms with Gasteiger partial charge in [0.15, 0.2) is 11.6 Å². The lowest BCUT2D eigenvalue weighted by Crippen LogP contribution is -2.38. The van der Waals surface area contributed by atoms with Crippen LogP contribution < -0.4 is 4.74 Å². The SMILES string of the molecule is COC(=O)c1ccc(OCCN(Cc2ccccc2F)C(=O)OC(C)(C)C)c(F)c1. The second-order valence-corrected chi connectivity index (χ2v) is 7.48. The zero-order chi connectivity index (χ0) is 22.3. The number of nitrogens with zero attached hydrogens (tertiary/aromatic N) is 1. The Labute approximate surface area is 174 Å². The van der Waals surface area contributed by atoms with Crippen molar-refractivity contribution in [3.8, 4) is 5.75 Å². The fourth-order valence-corrected chi connectivity index (χ4v) is 2.52. The smallest absolute Gasteiger partial charge is 0.410 e. The molecule has 6 nitrogen and oxygen atoms in total. The van der Waals surface area contributed by atoms with Crippen LogP contribution in [0.4, 0.5) is 13.6 Å². The molecule has 2 rings (SSSR count). The van der Waals surface area contributed by atoms with Crippen molar-refractivity contribution in [2.75, 3.05) is 20.3 Å². The van der Waals surface area contributed by atoms with Crippen LogP contribution >= 0.6 is 0 Å². The third-order valence-corrected chi connectivity index (χ3v) is 3.94. The van der Waals surface area contributed by atoms with E-state index in [2.05, 4.69) is 4.74 Å². The van der Waals surface area contributed by atoms with E-state index in [1.165, 1.54) is 30.2 Å². The van der Waals surface area contributed by atoms with Gasteiger partial charge >= 0.3 is 12.1 Å². The Kier molecular flexibility index (Phi) is 7.74. The van der Waals surface area contributed by atoms with Crippen LogP contribution in [-0.4, -0.2) is 42.8 Å². The van der Waals surface area contributed by atoms with Crippen molar-refractivity contribution in [1.82, 2.24) is 4.90 Å². The number of carbonyl (C=O) groups is 2. The summed E-state index contributed by atoms with van der Waals surface area (Å²) in [7, 11) is 1.20. The quantitative estimate of drug-likeness (QED) is 0.613. The van der Waals surface area contributed by atoms with Gasteiger partial charge in [-0.25, -0.2) is 18.4 Å². The van der Waals surface area contributed by atoms with Gasteiger partial charge in [0.25, 0.3) is 0 Å². The molecule has 0 spiro atoms. The molecule has 0 heterocycles. The number of carbonyl (C=O) groups excluding carboxylic acids is 2. The summed E-state index contributed by atoms with van der Waals surface area (Å²) in [4.78, 5) is 25.3. The molecule has 0 aliphatic rings. The molecular formula is C22H25F2NO5. The summed E-state index contributed by atoms with van der Waals surface area (Å²) in [5, 5.41) is 0. The molecule has 2 aromatic rings. The van der Waals surface area contributed by atoms with Crippen molar-refractivity contribution < 1.29 is 32.6 Å². The van der Waals surface area contributed by atoms with Crippen LogP contribution in [0.1, 0.15) is 36.7 Å². The summed E-state index contributed by atoms with van der Waals surface area (Å²) in [5.74, 6) is -1.94. The number of hydrogen-bond donors (Lipinski definition) is 0. The van der Waals surface area contributed by atoms with Crippen LogP contribution in [0.3, 0.4) is 0 Å². The Bertz CT molecular complexity index is 895. The van der Waals surface area contributed by atoms with Gasteiger partial charge in [-0.1, -0.05) is 18.2 Å². The maximum absolute atomic E-state index is 14.2. The molecule has 1 amide bonds. The van der Waals surface area contributed by atoms with E-state index in [1.807, 2.05) is 0 Å². The molecule has 0 N–H and O–H groups in total. The Hall–Kier alpha value is -3.16. The van der Waals surface area contributed by atoms with Gasteiger partial charge in [0, 0.05) is 5.56 Å². The highest BCUT2D eigenvalue weighted by Gasteiger charge is 2.23. The van der Waals surface area contributed by atoms with Crippen LogP contribution in [0.2, 0.25) is 0 Å². The van der Waals surface area contributed by atoms with Crippen LogP contribution in [0.5, 0.6) is 5.75 Å². The fraction of sp³-hybridized carbons (Fsp3) is 0.364. The van der Waals surface area contributed by atoms with Crippen LogP contribution in [0.15, 0.2) is 42.5 Å². The summed E-state index contributed by atoms with van der Waals surface area (Å²) >= 11 is 0. The van der Waals surface area contributed by atoms with Crippen molar-refractivity contribution in [2.24, 2.45) is 0 Å². The average Bonchev–Trinajstić information content (AvgIpc) is 2.67. The first-order valence-corrected chi connectivity index (χ1v) is 9.32. The summed E-state index contributed by atoms with van der Waals surface area (Å²) in [6, 6.07) is 9.77. The minimum absolute atomic E-state index is 0.0292. The molecule has 162 valence electrons. The molecule has 0 fully saturated rings. The van der Waals surface area contributed by atoms with E-state index in [0.717, 1.165) is 6.07 Å². The number of esters is 1. The van der Waals surface area contributed by atoms with Gasteiger partial charge in [-0.15, -0.1) is 0 Å². The van der Waals surface area contributed by atoms with Gasteiger partial charge in [0.1, 0.15) is 18.0 Å². The predicted molar refractivity (Wildman–Crippen MR) is 106 cm³/mol. The number of benzene rings is 2. The molecule has 0 saturated carbocycles. The maximum atomic E-state index is 14.2. The lowest BCUT2D eigenvalue weighted by atomic mass is 10.2. The van der Waals surface area contributed by atoms with Crippen molar-refractivity contribution in [3.63, 3.8) is 0 Å². The molecule has 0 atom stereocenters. The number of ether oxygens (including phenoxy) is 3. The van der Waals surface area contributed by atoms with E-state index in [1.54, 1.807) is 39.0 Å². The zero-order valence-corrected chi connectivity index (χ0v) is 17.4. The monoisotopic (exact) mass is 421 g/mol. The molecule has 0 radical (unpaired) electrons. The third kappa shape index (κ3) is 6.72. The normalized spacial score (nSPS) is 11.0. The Morgan fingerprint density at radius 2 is 1.73 bits per heavy atom. The van der Waals surface area contributed by atoms with Crippen molar-refractivity contribution in [2.45, 2.75) is 32.9 Å². The first-order valence-electron chi connectivity index (χ1n) is 9.32. The van der Waals surface area contributed by atoms with Crippen LogP contribution in [0.25, 0.3) is 0 Å². The molecule has 0 unspecified atom stereocenters. The lowest BCUT2D eigenvalue weighted by molar-refractivity contribution is 0.0206. The number of halogens is 2. The molecule has 0 aliphatic heterocycles. The van der Waals surface area contributed by atoms with Gasteiger partial charge in [-0.3, -0.25) is 0 Å². The van der Waals surface area contributed by atoms with E-state index in [-0.39, 0.29) is 31.0 Å². The number of amides is 1. The number of hydrogen-bond acceptors (Lipinski definition) is 5. The highest BCUT2D eigenvalue weighted by atomic mass is 19.1. The first-order chi connectivity index (χ1) is 14.1. The Balaban J connectivity index is 2.08. The van der Waals surface area contributed by atoms with Crippen molar-refractivity contribution >= 4 is 12.1 Å². The summed E-state index contributed by atoms with van der Waals surface area (Å²) in [6.07, 6.45) is -0.643. The molecule has 2 aromatic carbocycles. The second-order valence-electron chi connectivity index (χ2n) is 7.48. The molecule has 0 aliphatic carbocycles. The minimum Gasteiger partial charge on any atom is -0.489 e. The predicted octanol–water partition coefficient (Wildman–Crippen LogP) is 4.57. The highest BCUT2D eigenvalue weighted by molar-refractivity contribution is 5.89. The highest BCUT2D eigenvalue weighted by Crippen LogP contribution is 2.20. The molecule has 30 heavy (non-hydrogen) atoms. The number of methoxy groups -OCH3 is 1. The van der Waals surface area contributed by atoms with E-state index in [0.29, 0.717) is 5.56 Å². The van der Waals surface area contributed by atoms with Gasteiger partial charge in [-0.2, -0.15) is 0 Å². The van der Waals surface area contributed by atoms with Gasteiger partial charge in [-0.05, 0) is 45.0 Å². The first kappa shape index (κ1) is 23.1. The van der Waals surface area contributed by atoms with Gasteiger partial charge < -0.3 is 19.1 Å². The third-order valence-electron chi connectivity index (χ3n) is 3.94. The molecule has 0 bridgehead atoms. The Morgan fingerprint density at radius 1 is 1.03 bits per heavy atom. The summed E-state index contributed by atoms with van der Waals surface area (Å²) < 4.78 is 43.5. The van der Waals surface area contributed by atoms with E-state index >= 15 is 0 Å².